The molecule has 4 unspecified atom stereocenters. The molecule has 2 aliphatic heterocycles. The number of aliphatic hydroxyl groups is 2. The smallest absolute Gasteiger partial charge is 0.182 e. The Labute approximate surface area is 78.1 Å². The van der Waals surface area contributed by atoms with Gasteiger partial charge in [0, 0.05) is 6.54 Å². The topological polar surface area (TPSA) is 52.9 Å². The van der Waals surface area contributed by atoms with Gasteiger partial charge in [0.2, 0.25) is 0 Å². The first-order valence-electron chi connectivity index (χ1n) is 4.99. The highest BCUT2D eigenvalue weighted by atomic mass is 16.6. The van der Waals surface area contributed by atoms with Gasteiger partial charge in [0.15, 0.2) is 6.29 Å². The lowest BCUT2D eigenvalue weighted by Gasteiger charge is -2.43. The number of nitrogens with zero attached hydrogens (tertiary/aromatic N) is 1. The van der Waals surface area contributed by atoms with Crippen molar-refractivity contribution in [3.05, 3.63) is 0 Å². The number of aliphatic hydroxyl groups excluding tert-OH is 2. The van der Waals surface area contributed by atoms with Gasteiger partial charge in [-0.3, -0.25) is 4.90 Å². The lowest BCUT2D eigenvalue weighted by molar-refractivity contribution is -0.132. The molecule has 2 heterocycles. The lowest BCUT2D eigenvalue weighted by Crippen LogP contribution is -2.61. The highest BCUT2D eigenvalue weighted by Crippen LogP contribution is 2.33. The average molecular weight is 187 g/mol. The molecule has 2 saturated heterocycles. The fourth-order valence-electron chi connectivity index (χ4n) is 2.15. The molecule has 0 aliphatic carbocycles. The summed E-state index contributed by atoms with van der Waals surface area (Å²) in [6, 6.07) is 0.0431. The summed E-state index contributed by atoms with van der Waals surface area (Å²) in [7, 11) is 0. The van der Waals surface area contributed by atoms with Crippen LogP contribution in [0.4, 0.5) is 0 Å². The predicted octanol–water partition coefficient (Wildman–Crippen LogP) is -0.451. The van der Waals surface area contributed by atoms with Gasteiger partial charge in [0.25, 0.3) is 0 Å². The molecule has 13 heavy (non-hydrogen) atoms. The fraction of sp³-hybridized carbons (Fsp3) is 1.00. The number of ether oxygens (including phenoxy) is 1. The van der Waals surface area contributed by atoms with E-state index in [9.17, 15) is 10.2 Å². The second-order valence-electron chi connectivity index (χ2n) is 3.89. The Morgan fingerprint density at radius 3 is 2.85 bits per heavy atom. The first-order chi connectivity index (χ1) is 6.24. The maximum atomic E-state index is 9.54. The van der Waals surface area contributed by atoms with Crippen molar-refractivity contribution in [2.24, 2.45) is 0 Å². The van der Waals surface area contributed by atoms with Crippen molar-refractivity contribution in [2.45, 2.75) is 44.3 Å². The Morgan fingerprint density at radius 1 is 1.46 bits per heavy atom. The SMILES string of the molecule is CCCCN1CC2OC(O)C(O)C21. The molecular weight excluding hydrogens is 170 g/mol. The van der Waals surface area contributed by atoms with Gasteiger partial charge in [-0.1, -0.05) is 13.3 Å². The summed E-state index contributed by atoms with van der Waals surface area (Å²) in [6.45, 7) is 4.01. The molecule has 2 N–H and O–H groups in total. The van der Waals surface area contributed by atoms with Crippen molar-refractivity contribution in [1.82, 2.24) is 4.90 Å². The minimum Gasteiger partial charge on any atom is -0.386 e. The van der Waals surface area contributed by atoms with Gasteiger partial charge in [0.1, 0.15) is 6.10 Å². The fourth-order valence-corrected chi connectivity index (χ4v) is 2.15. The monoisotopic (exact) mass is 187 g/mol. The molecule has 4 heteroatoms. The molecule has 4 nitrogen and oxygen atoms in total. The van der Waals surface area contributed by atoms with Gasteiger partial charge in [0.05, 0.1) is 12.1 Å². The molecule has 76 valence electrons. The summed E-state index contributed by atoms with van der Waals surface area (Å²) in [4.78, 5) is 2.19. The van der Waals surface area contributed by atoms with Crippen molar-refractivity contribution in [1.29, 1.82) is 0 Å². The van der Waals surface area contributed by atoms with E-state index < -0.39 is 12.4 Å². The minimum atomic E-state index is -0.971. The van der Waals surface area contributed by atoms with E-state index in [0.717, 1.165) is 25.9 Å². The molecule has 0 aromatic carbocycles. The molecule has 2 rings (SSSR count). The molecular formula is C9H17NO3. The van der Waals surface area contributed by atoms with Crippen molar-refractivity contribution >= 4 is 0 Å². The zero-order chi connectivity index (χ0) is 9.42. The zero-order valence-corrected chi connectivity index (χ0v) is 7.89. The Balaban J connectivity index is 1.85. The lowest BCUT2D eigenvalue weighted by atomic mass is 9.96. The number of rotatable bonds is 3. The molecule has 2 aliphatic rings. The minimum absolute atomic E-state index is 0.0431. The van der Waals surface area contributed by atoms with Crippen LogP contribution in [-0.2, 0) is 4.74 Å². The van der Waals surface area contributed by atoms with Gasteiger partial charge < -0.3 is 14.9 Å². The number of unbranched alkanes of at least 4 members (excludes halogenated alkanes) is 1. The van der Waals surface area contributed by atoms with E-state index >= 15 is 0 Å². The van der Waals surface area contributed by atoms with E-state index in [0.29, 0.717) is 0 Å². The van der Waals surface area contributed by atoms with Crippen molar-refractivity contribution in [3.63, 3.8) is 0 Å². The first kappa shape index (κ1) is 9.40. The van der Waals surface area contributed by atoms with Crippen LogP contribution in [0.25, 0.3) is 0 Å². The molecule has 4 atom stereocenters. The summed E-state index contributed by atoms with van der Waals surface area (Å²) >= 11 is 0. The number of hydrogen-bond acceptors (Lipinski definition) is 4. The summed E-state index contributed by atoms with van der Waals surface area (Å²) in [5.74, 6) is 0. The van der Waals surface area contributed by atoms with Gasteiger partial charge in [-0.25, -0.2) is 0 Å². The highest BCUT2D eigenvalue weighted by Gasteiger charge is 2.52. The molecule has 0 aromatic rings. The van der Waals surface area contributed by atoms with E-state index in [1.165, 1.54) is 0 Å². The molecule has 2 fully saturated rings. The number of likely N-dealkylation sites (tertiary alicyclic amines) is 1. The average Bonchev–Trinajstić information content (AvgIpc) is 2.28. The maximum Gasteiger partial charge on any atom is 0.182 e. The summed E-state index contributed by atoms with van der Waals surface area (Å²) < 4.78 is 5.15. The molecule has 0 radical (unpaired) electrons. The van der Waals surface area contributed by atoms with Gasteiger partial charge in [-0.15, -0.1) is 0 Å². The van der Waals surface area contributed by atoms with E-state index in [-0.39, 0.29) is 12.1 Å². The Hall–Kier alpha value is -0.160. The van der Waals surface area contributed by atoms with Crippen molar-refractivity contribution in [2.75, 3.05) is 13.1 Å². The van der Waals surface area contributed by atoms with Crippen molar-refractivity contribution < 1.29 is 14.9 Å². The van der Waals surface area contributed by atoms with E-state index in [1.807, 2.05) is 0 Å². The number of fused-ring (bicyclic) bond motifs is 1. The van der Waals surface area contributed by atoms with Crippen LogP contribution < -0.4 is 0 Å². The van der Waals surface area contributed by atoms with Gasteiger partial charge in [-0.05, 0) is 13.0 Å². The highest BCUT2D eigenvalue weighted by molar-refractivity contribution is 5.02. The second-order valence-corrected chi connectivity index (χ2v) is 3.89. The van der Waals surface area contributed by atoms with Crippen LogP contribution in [0.2, 0.25) is 0 Å². The molecule has 0 amide bonds. The van der Waals surface area contributed by atoms with Crippen LogP contribution in [0.3, 0.4) is 0 Å². The molecule has 0 spiro atoms. The van der Waals surface area contributed by atoms with Crippen LogP contribution in [0.1, 0.15) is 19.8 Å². The Morgan fingerprint density at radius 2 is 2.23 bits per heavy atom. The van der Waals surface area contributed by atoms with Crippen LogP contribution in [0, 0.1) is 0 Å². The third-order valence-corrected chi connectivity index (χ3v) is 2.97. The van der Waals surface area contributed by atoms with Crippen molar-refractivity contribution in [3.8, 4) is 0 Å². The van der Waals surface area contributed by atoms with Crippen LogP contribution in [-0.4, -0.2) is 52.7 Å². The molecule has 0 bridgehead atoms. The standard InChI is InChI=1S/C9H17NO3/c1-2-3-4-10-5-6-7(10)8(11)9(12)13-6/h6-9,11-12H,2-5H2,1H3. The van der Waals surface area contributed by atoms with E-state index in [2.05, 4.69) is 11.8 Å². The van der Waals surface area contributed by atoms with Crippen LogP contribution in [0.15, 0.2) is 0 Å². The summed E-state index contributed by atoms with van der Waals surface area (Å²) in [5, 5.41) is 18.8. The van der Waals surface area contributed by atoms with E-state index in [1.54, 1.807) is 0 Å². The van der Waals surface area contributed by atoms with E-state index in [4.69, 9.17) is 4.74 Å². The number of hydrogen-bond donors (Lipinski definition) is 2. The third-order valence-electron chi connectivity index (χ3n) is 2.97. The molecule has 0 saturated carbocycles. The summed E-state index contributed by atoms with van der Waals surface area (Å²) in [5.41, 5.74) is 0. The first-order valence-corrected chi connectivity index (χ1v) is 4.99. The normalized spacial score (nSPS) is 44.5. The summed E-state index contributed by atoms with van der Waals surface area (Å²) in [6.07, 6.45) is 0.679. The largest absolute Gasteiger partial charge is 0.386 e. The van der Waals surface area contributed by atoms with Crippen LogP contribution >= 0.6 is 0 Å². The van der Waals surface area contributed by atoms with Gasteiger partial charge in [-0.2, -0.15) is 0 Å². The van der Waals surface area contributed by atoms with Gasteiger partial charge >= 0.3 is 0 Å². The maximum absolute atomic E-state index is 9.54. The van der Waals surface area contributed by atoms with Crippen LogP contribution in [0.5, 0.6) is 0 Å². The quantitative estimate of drug-likeness (QED) is 0.628. The third kappa shape index (κ3) is 1.48. The second kappa shape index (κ2) is 3.53. The Kier molecular flexibility index (Phi) is 2.55. The predicted molar refractivity (Wildman–Crippen MR) is 47.2 cm³/mol. The Bertz CT molecular complexity index is 186. The molecule has 0 aromatic heterocycles. The zero-order valence-electron chi connectivity index (χ0n) is 7.89.